The molecule has 0 bridgehead atoms. The van der Waals surface area contributed by atoms with Crippen molar-refractivity contribution < 1.29 is 9.59 Å². The van der Waals surface area contributed by atoms with Gasteiger partial charge in [0.2, 0.25) is 5.91 Å². The van der Waals surface area contributed by atoms with E-state index in [0.717, 1.165) is 24.9 Å². The van der Waals surface area contributed by atoms with Crippen molar-refractivity contribution in [2.45, 2.75) is 25.3 Å². The summed E-state index contributed by atoms with van der Waals surface area (Å²) in [4.78, 5) is 25.1. The van der Waals surface area contributed by atoms with Crippen LogP contribution in [0.4, 0.5) is 0 Å². The number of carbonyl (C=O) groups excluding carboxylic acids is 2. The summed E-state index contributed by atoms with van der Waals surface area (Å²) in [7, 11) is 0. The summed E-state index contributed by atoms with van der Waals surface area (Å²) < 4.78 is 0. The molecule has 1 aromatic rings. The number of rotatable bonds is 6. The van der Waals surface area contributed by atoms with Crippen LogP contribution in [0.25, 0.3) is 6.08 Å². The van der Waals surface area contributed by atoms with Gasteiger partial charge in [0.25, 0.3) is 0 Å². The quantitative estimate of drug-likeness (QED) is 0.820. The van der Waals surface area contributed by atoms with Crippen molar-refractivity contribution in [1.29, 1.82) is 0 Å². The number of hydrogen-bond donors (Lipinski definition) is 1. The lowest BCUT2D eigenvalue weighted by molar-refractivity contribution is -0.123. The van der Waals surface area contributed by atoms with E-state index < -0.39 is 0 Å². The lowest BCUT2D eigenvalue weighted by Gasteiger charge is -2.20. The highest BCUT2D eigenvalue weighted by atomic mass is 35.5. The van der Waals surface area contributed by atoms with E-state index in [1.54, 1.807) is 24.3 Å². The van der Waals surface area contributed by atoms with E-state index in [1.165, 1.54) is 0 Å². The fourth-order valence-corrected chi connectivity index (χ4v) is 2.64. The number of benzene rings is 1. The molecule has 1 saturated heterocycles. The lowest BCUT2D eigenvalue weighted by atomic mass is 10.1. The van der Waals surface area contributed by atoms with Crippen molar-refractivity contribution in [3.8, 4) is 0 Å². The van der Waals surface area contributed by atoms with Crippen LogP contribution < -0.4 is 5.73 Å². The molecule has 21 heavy (non-hydrogen) atoms. The highest BCUT2D eigenvalue weighted by molar-refractivity contribution is 6.30. The number of nitrogens with two attached hydrogens (primary N) is 1. The molecule has 4 nitrogen and oxygen atoms in total. The minimum absolute atomic E-state index is 0.0417. The van der Waals surface area contributed by atoms with E-state index in [2.05, 4.69) is 0 Å². The molecule has 0 aromatic heterocycles. The van der Waals surface area contributed by atoms with E-state index in [0.29, 0.717) is 18.0 Å². The van der Waals surface area contributed by atoms with Gasteiger partial charge in [0.05, 0.1) is 6.04 Å². The van der Waals surface area contributed by atoms with Crippen molar-refractivity contribution in [1.82, 2.24) is 4.90 Å². The van der Waals surface area contributed by atoms with Crippen LogP contribution in [0.1, 0.15) is 24.8 Å². The first-order valence-corrected chi connectivity index (χ1v) is 7.44. The van der Waals surface area contributed by atoms with Crippen LogP contribution in [0.5, 0.6) is 0 Å². The number of ketones is 1. The third-order valence-corrected chi connectivity index (χ3v) is 3.92. The van der Waals surface area contributed by atoms with Gasteiger partial charge in [0, 0.05) is 18.0 Å². The van der Waals surface area contributed by atoms with Gasteiger partial charge in [-0.15, -0.1) is 0 Å². The van der Waals surface area contributed by atoms with Gasteiger partial charge in [-0.2, -0.15) is 0 Å². The standard InChI is InChI=1S/C16H19ClN2O2/c17-13-6-3-12(4-7-13)5-8-14(20)9-11-19-10-1-2-15(19)16(18)21/h3-8,15H,1-2,9-11H2,(H2,18,21)/b8-5+. The van der Waals surface area contributed by atoms with Crippen LogP contribution in [0.15, 0.2) is 30.3 Å². The van der Waals surface area contributed by atoms with E-state index >= 15 is 0 Å². The zero-order chi connectivity index (χ0) is 15.2. The molecule has 1 fully saturated rings. The monoisotopic (exact) mass is 306 g/mol. The molecule has 1 aromatic carbocycles. The Morgan fingerprint density at radius 2 is 2.05 bits per heavy atom. The Balaban J connectivity index is 1.82. The average molecular weight is 307 g/mol. The first-order chi connectivity index (χ1) is 10.1. The lowest BCUT2D eigenvalue weighted by Crippen LogP contribution is -2.41. The molecule has 0 aliphatic carbocycles. The number of carbonyl (C=O) groups is 2. The number of allylic oxidation sites excluding steroid dienone is 1. The van der Waals surface area contributed by atoms with Gasteiger partial charge < -0.3 is 5.73 Å². The van der Waals surface area contributed by atoms with Crippen LogP contribution in [0.2, 0.25) is 5.02 Å². The van der Waals surface area contributed by atoms with E-state index in [9.17, 15) is 9.59 Å². The normalized spacial score (nSPS) is 19.2. The summed E-state index contributed by atoms with van der Waals surface area (Å²) in [6.45, 7) is 1.42. The number of primary amides is 1. The van der Waals surface area contributed by atoms with Crippen LogP contribution in [0.3, 0.4) is 0 Å². The molecule has 1 heterocycles. The molecule has 2 rings (SSSR count). The third-order valence-electron chi connectivity index (χ3n) is 3.67. The van der Waals surface area contributed by atoms with Gasteiger partial charge in [0.1, 0.15) is 0 Å². The van der Waals surface area contributed by atoms with E-state index in [-0.39, 0.29) is 17.7 Å². The fourth-order valence-electron chi connectivity index (χ4n) is 2.52. The van der Waals surface area contributed by atoms with Crippen molar-refractivity contribution in [3.05, 3.63) is 40.9 Å². The number of likely N-dealkylation sites (tertiary alicyclic amines) is 1. The van der Waals surface area contributed by atoms with Crippen LogP contribution >= 0.6 is 11.6 Å². The van der Waals surface area contributed by atoms with Crippen LogP contribution in [0, 0.1) is 0 Å². The average Bonchev–Trinajstić information content (AvgIpc) is 2.93. The van der Waals surface area contributed by atoms with Gasteiger partial charge in [-0.25, -0.2) is 0 Å². The van der Waals surface area contributed by atoms with Crippen molar-refractivity contribution in [3.63, 3.8) is 0 Å². The first-order valence-electron chi connectivity index (χ1n) is 7.06. The highest BCUT2D eigenvalue weighted by Crippen LogP contribution is 2.17. The number of nitrogens with zero attached hydrogens (tertiary/aromatic N) is 1. The zero-order valence-electron chi connectivity index (χ0n) is 11.8. The topological polar surface area (TPSA) is 63.4 Å². The molecule has 1 atom stereocenters. The van der Waals surface area contributed by atoms with Gasteiger partial charge in [-0.3, -0.25) is 14.5 Å². The Morgan fingerprint density at radius 3 is 2.71 bits per heavy atom. The maximum absolute atomic E-state index is 11.9. The van der Waals surface area contributed by atoms with Crippen molar-refractivity contribution >= 4 is 29.4 Å². The largest absolute Gasteiger partial charge is 0.368 e. The van der Waals surface area contributed by atoms with Gasteiger partial charge in [-0.1, -0.05) is 29.8 Å². The second-order valence-corrected chi connectivity index (χ2v) is 5.63. The Hall–Kier alpha value is -1.65. The van der Waals surface area contributed by atoms with Gasteiger partial charge in [0.15, 0.2) is 5.78 Å². The first kappa shape index (κ1) is 15.7. The van der Waals surface area contributed by atoms with Crippen molar-refractivity contribution in [2.24, 2.45) is 5.73 Å². The number of amides is 1. The van der Waals surface area contributed by atoms with Crippen LogP contribution in [-0.4, -0.2) is 35.7 Å². The SMILES string of the molecule is NC(=O)C1CCCN1CCC(=O)/C=C/c1ccc(Cl)cc1. The second-order valence-electron chi connectivity index (χ2n) is 5.20. The smallest absolute Gasteiger partial charge is 0.234 e. The molecule has 0 saturated carbocycles. The fraction of sp³-hybridized carbons (Fsp3) is 0.375. The third kappa shape index (κ3) is 4.69. The Bertz CT molecular complexity index is 540. The summed E-state index contributed by atoms with van der Waals surface area (Å²) in [5.41, 5.74) is 6.29. The highest BCUT2D eigenvalue weighted by Gasteiger charge is 2.28. The van der Waals surface area contributed by atoms with Gasteiger partial charge >= 0.3 is 0 Å². The summed E-state index contributed by atoms with van der Waals surface area (Å²) in [6.07, 6.45) is 5.49. The predicted octanol–water partition coefficient (Wildman–Crippen LogP) is 2.26. The molecule has 2 N–H and O–H groups in total. The molecule has 0 spiro atoms. The van der Waals surface area contributed by atoms with Crippen molar-refractivity contribution in [2.75, 3.05) is 13.1 Å². The van der Waals surface area contributed by atoms with E-state index in [1.807, 2.05) is 17.0 Å². The molecule has 1 aliphatic heterocycles. The molecule has 1 unspecified atom stereocenters. The Labute approximate surface area is 129 Å². The maximum atomic E-state index is 11.9. The zero-order valence-corrected chi connectivity index (χ0v) is 12.6. The number of hydrogen-bond acceptors (Lipinski definition) is 3. The summed E-state index contributed by atoms with van der Waals surface area (Å²) >= 11 is 5.80. The summed E-state index contributed by atoms with van der Waals surface area (Å²) in [5, 5.41) is 0.671. The molecule has 1 amide bonds. The predicted molar refractivity (Wildman–Crippen MR) is 83.9 cm³/mol. The minimum Gasteiger partial charge on any atom is -0.368 e. The second kappa shape index (κ2) is 7.38. The Kier molecular flexibility index (Phi) is 5.53. The summed E-state index contributed by atoms with van der Waals surface area (Å²) in [6, 6.07) is 7.07. The molecule has 0 radical (unpaired) electrons. The number of halogens is 1. The molecular weight excluding hydrogens is 288 g/mol. The molecule has 1 aliphatic rings. The summed E-state index contributed by atoms with van der Waals surface area (Å²) in [5.74, 6) is -0.253. The minimum atomic E-state index is -0.295. The molecular formula is C16H19ClN2O2. The maximum Gasteiger partial charge on any atom is 0.234 e. The molecule has 5 heteroatoms. The molecule has 112 valence electrons. The van der Waals surface area contributed by atoms with Gasteiger partial charge in [-0.05, 0) is 43.2 Å². The van der Waals surface area contributed by atoms with E-state index in [4.69, 9.17) is 17.3 Å². The van der Waals surface area contributed by atoms with Crippen LogP contribution in [-0.2, 0) is 9.59 Å². The Morgan fingerprint density at radius 1 is 1.33 bits per heavy atom.